The van der Waals surface area contributed by atoms with Gasteiger partial charge in [-0.2, -0.15) is 4.98 Å². The molecule has 0 unspecified atom stereocenters. The summed E-state index contributed by atoms with van der Waals surface area (Å²) in [5, 5.41) is 7.38. The van der Waals surface area contributed by atoms with Gasteiger partial charge in [0.15, 0.2) is 0 Å². The second kappa shape index (κ2) is 8.18. The summed E-state index contributed by atoms with van der Waals surface area (Å²) in [6, 6.07) is 11.9. The summed E-state index contributed by atoms with van der Waals surface area (Å²) in [5.41, 5.74) is 2.64. The third-order valence-electron chi connectivity index (χ3n) is 6.07. The first-order valence-corrected chi connectivity index (χ1v) is 10.9. The van der Waals surface area contributed by atoms with E-state index in [0.29, 0.717) is 16.6 Å². The molecule has 0 bridgehead atoms. The standard InChI is InChI=1S/C24H24FN5O2/c1-15-10-11-19-20(12-15)29(14-16-6-5-7-17(25)13-16)24(32)22-27-21(28-30(19)22)23(31)26-18-8-3-2-4-9-18/h5-7,10-13,18H,2-4,8-9,14H2,1H3,(H,26,31). The number of hydrogen-bond donors (Lipinski definition) is 1. The highest BCUT2D eigenvalue weighted by Crippen LogP contribution is 2.19. The van der Waals surface area contributed by atoms with Gasteiger partial charge in [-0.05, 0) is 55.2 Å². The second-order valence-corrected chi connectivity index (χ2v) is 8.49. The quantitative estimate of drug-likeness (QED) is 0.533. The number of rotatable bonds is 4. The van der Waals surface area contributed by atoms with Crippen LogP contribution in [0.2, 0.25) is 0 Å². The SMILES string of the molecule is Cc1ccc2c(c1)n(Cc1cccc(F)c1)c(=O)c1nc(C(=O)NC3CCCCC3)nn12. The predicted molar refractivity (Wildman–Crippen MR) is 119 cm³/mol. The van der Waals surface area contributed by atoms with E-state index in [1.54, 1.807) is 16.7 Å². The normalized spacial score (nSPS) is 14.8. The van der Waals surface area contributed by atoms with E-state index in [2.05, 4.69) is 15.4 Å². The van der Waals surface area contributed by atoms with E-state index in [1.165, 1.54) is 23.1 Å². The number of carbonyl (C=O) groups is 1. The van der Waals surface area contributed by atoms with Gasteiger partial charge in [-0.15, -0.1) is 5.10 Å². The van der Waals surface area contributed by atoms with Crippen molar-refractivity contribution in [2.45, 2.75) is 51.6 Å². The largest absolute Gasteiger partial charge is 0.347 e. The smallest absolute Gasteiger partial charge is 0.296 e. The molecule has 8 heteroatoms. The maximum absolute atomic E-state index is 13.7. The highest BCUT2D eigenvalue weighted by molar-refractivity contribution is 5.91. The summed E-state index contributed by atoms with van der Waals surface area (Å²) in [6.45, 7) is 2.12. The lowest BCUT2D eigenvalue weighted by Gasteiger charge is -2.21. The Morgan fingerprint density at radius 2 is 1.94 bits per heavy atom. The summed E-state index contributed by atoms with van der Waals surface area (Å²) < 4.78 is 16.7. The molecule has 1 aliphatic carbocycles. The third-order valence-corrected chi connectivity index (χ3v) is 6.07. The number of aryl methyl sites for hydroxylation is 1. The number of carbonyl (C=O) groups excluding carboxylic acids is 1. The van der Waals surface area contributed by atoms with Crippen molar-refractivity contribution in [2.24, 2.45) is 0 Å². The van der Waals surface area contributed by atoms with Gasteiger partial charge in [-0.3, -0.25) is 14.2 Å². The van der Waals surface area contributed by atoms with Crippen LogP contribution in [-0.2, 0) is 6.54 Å². The molecule has 0 spiro atoms. The van der Waals surface area contributed by atoms with Gasteiger partial charge in [0, 0.05) is 6.04 Å². The van der Waals surface area contributed by atoms with E-state index >= 15 is 0 Å². The van der Waals surface area contributed by atoms with Crippen LogP contribution in [0.3, 0.4) is 0 Å². The molecule has 32 heavy (non-hydrogen) atoms. The van der Waals surface area contributed by atoms with Crippen molar-refractivity contribution < 1.29 is 9.18 Å². The molecule has 164 valence electrons. The minimum Gasteiger partial charge on any atom is -0.347 e. The topological polar surface area (TPSA) is 81.3 Å². The zero-order chi connectivity index (χ0) is 22.2. The lowest BCUT2D eigenvalue weighted by Crippen LogP contribution is -2.36. The highest BCUT2D eigenvalue weighted by atomic mass is 19.1. The number of benzene rings is 2. The van der Waals surface area contributed by atoms with Gasteiger partial charge in [-0.1, -0.05) is 37.5 Å². The van der Waals surface area contributed by atoms with Crippen molar-refractivity contribution in [3.05, 3.63) is 75.6 Å². The molecule has 1 fully saturated rings. The Balaban J connectivity index is 1.62. The van der Waals surface area contributed by atoms with Crippen molar-refractivity contribution in [3.8, 4) is 0 Å². The number of halogens is 1. The molecule has 2 heterocycles. The molecule has 1 saturated carbocycles. The highest BCUT2D eigenvalue weighted by Gasteiger charge is 2.22. The lowest BCUT2D eigenvalue weighted by atomic mass is 9.95. The molecule has 0 aliphatic heterocycles. The van der Waals surface area contributed by atoms with Crippen LogP contribution in [0, 0.1) is 12.7 Å². The minimum absolute atomic E-state index is 0.0157. The fourth-order valence-electron chi connectivity index (χ4n) is 4.45. The molecule has 1 N–H and O–H groups in total. The molecule has 1 aliphatic rings. The van der Waals surface area contributed by atoms with Crippen LogP contribution in [-0.4, -0.2) is 31.1 Å². The van der Waals surface area contributed by atoms with Gasteiger partial charge < -0.3 is 5.32 Å². The molecule has 5 rings (SSSR count). The zero-order valence-corrected chi connectivity index (χ0v) is 17.8. The van der Waals surface area contributed by atoms with Gasteiger partial charge in [0.1, 0.15) is 5.82 Å². The Labute approximate surface area is 183 Å². The Kier molecular flexibility index (Phi) is 5.20. The van der Waals surface area contributed by atoms with Crippen LogP contribution in [0.1, 0.15) is 53.8 Å². The summed E-state index contributed by atoms with van der Waals surface area (Å²) in [6.07, 6.45) is 5.27. The summed E-state index contributed by atoms with van der Waals surface area (Å²) >= 11 is 0. The molecule has 0 atom stereocenters. The third kappa shape index (κ3) is 3.77. The van der Waals surface area contributed by atoms with Crippen molar-refractivity contribution in [3.63, 3.8) is 0 Å². The average Bonchev–Trinajstić information content (AvgIpc) is 3.23. The van der Waals surface area contributed by atoms with E-state index < -0.39 is 0 Å². The van der Waals surface area contributed by atoms with Crippen molar-refractivity contribution in [1.82, 2.24) is 24.5 Å². The Morgan fingerprint density at radius 3 is 2.72 bits per heavy atom. The average molecular weight is 433 g/mol. The summed E-state index contributed by atoms with van der Waals surface area (Å²) in [4.78, 5) is 30.5. The second-order valence-electron chi connectivity index (χ2n) is 8.49. The van der Waals surface area contributed by atoms with Crippen LogP contribution in [0.15, 0.2) is 47.3 Å². The molecular formula is C24H24FN5O2. The number of amides is 1. The molecular weight excluding hydrogens is 409 g/mol. The van der Waals surface area contributed by atoms with Crippen LogP contribution >= 0.6 is 0 Å². The first-order valence-electron chi connectivity index (χ1n) is 10.9. The number of aromatic nitrogens is 4. The van der Waals surface area contributed by atoms with E-state index in [9.17, 15) is 14.0 Å². The molecule has 4 aromatic rings. The summed E-state index contributed by atoms with van der Waals surface area (Å²) in [5.74, 6) is -0.740. The van der Waals surface area contributed by atoms with Crippen LogP contribution in [0.25, 0.3) is 16.7 Å². The number of nitrogens with zero attached hydrogens (tertiary/aromatic N) is 4. The predicted octanol–water partition coefficient (Wildman–Crippen LogP) is 3.60. The van der Waals surface area contributed by atoms with Crippen molar-refractivity contribution in [1.29, 1.82) is 0 Å². The van der Waals surface area contributed by atoms with E-state index in [0.717, 1.165) is 31.2 Å². The van der Waals surface area contributed by atoms with Gasteiger partial charge >= 0.3 is 0 Å². The number of hydrogen-bond acceptors (Lipinski definition) is 4. The van der Waals surface area contributed by atoms with Crippen LogP contribution in [0.5, 0.6) is 0 Å². The molecule has 1 amide bonds. The monoisotopic (exact) mass is 433 g/mol. The fraction of sp³-hybridized carbons (Fsp3) is 0.333. The van der Waals surface area contributed by atoms with Crippen molar-refractivity contribution >= 4 is 22.6 Å². The van der Waals surface area contributed by atoms with Gasteiger partial charge in [0.25, 0.3) is 11.5 Å². The van der Waals surface area contributed by atoms with Crippen molar-refractivity contribution in [2.75, 3.05) is 0 Å². The molecule has 0 radical (unpaired) electrons. The number of fused-ring (bicyclic) bond motifs is 3. The van der Waals surface area contributed by atoms with Crippen LogP contribution < -0.4 is 10.9 Å². The fourth-order valence-corrected chi connectivity index (χ4v) is 4.45. The van der Waals surface area contributed by atoms with E-state index in [1.807, 2.05) is 25.1 Å². The molecule has 0 saturated heterocycles. The van der Waals surface area contributed by atoms with Gasteiger partial charge in [-0.25, -0.2) is 8.91 Å². The van der Waals surface area contributed by atoms with Gasteiger partial charge in [0.05, 0.1) is 17.6 Å². The molecule has 7 nitrogen and oxygen atoms in total. The first-order chi connectivity index (χ1) is 15.5. The number of nitrogens with one attached hydrogen (secondary N) is 1. The zero-order valence-electron chi connectivity index (χ0n) is 17.8. The van der Waals surface area contributed by atoms with E-state index in [4.69, 9.17) is 0 Å². The molecule has 2 aromatic carbocycles. The Morgan fingerprint density at radius 1 is 1.12 bits per heavy atom. The Hall–Kier alpha value is -3.55. The van der Waals surface area contributed by atoms with Gasteiger partial charge in [0.2, 0.25) is 11.5 Å². The van der Waals surface area contributed by atoms with Crippen LogP contribution in [0.4, 0.5) is 4.39 Å². The maximum atomic E-state index is 13.7. The first kappa shape index (κ1) is 20.4. The minimum atomic E-state index is -0.378. The summed E-state index contributed by atoms with van der Waals surface area (Å²) in [7, 11) is 0. The molecule has 2 aromatic heterocycles. The Bertz CT molecular complexity index is 1380. The maximum Gasteiger partial charge on any atom is 0.296 e. The van der Waals surface area contributed by atoms with E-state index in [-0.39, 0.29) is 41.3 Å². The lowest BCUT2D eigenvalue weighted by molar-refractivity contribution is 0.0917.